The Morgan fingerprint density at radius 3 is 2.70 bits per heavy atom. The van der Waals surface area contributed by atoms with Crippen LogP contribution < -0.4 is 10.9 Å². The standard InChI is InChI=1S/C15H13Cl2N3O2S/c1-20-13-12(14(22)19-15(20)23-2)8(6-11(21)18-13)7-3-4-9(16)10(17)5-7/h3-5,8H,6H2,1-2H3,(H,18,21). The molecule has 8 heteroatoms. The Hall–Kier alpha value is -1.50. The van der Waals surface area contributed by atoms with Crippen LogP contribution in [0.2, 0.25) is 10.0 Å². The molecular weight excluding hydrogens is 357 g/mol. The molecule has 0 saturated carbocycles. The van der Waals surface area contributed by atoms with E-state index in [0.717, 1.165) is 5.56 Å². The van der Waals surface area contributed by atoms with Crippen molar-refractivity contribution in [2.75, 3.05) is 11.6 Å². The monoisotopic (exact) mass is 369 g/mol. The lowest BCUT2D eigenvalue weighted by atomic mass is 9.87. The van der Waals surface area contributed by atoms with Gasteiger partial charge in [-0.2, -0.15) is 4.98 Å². The topological polar surface area (TPSA) is 64.0 Å². The lowest BCUT2D eigenvalue weighted by Gasteiger charge is -2.27. The summed E-state index contributed by atoms with van der Waals surface area (Å²) >= 11 is 13.4. The lowest BCUT2D eigenvalue weighted by Crippen LogP contribution is -2.33. The Kier molecular flexibility index (Phi) is 4.40. The van der Waals surface area contributed by atoms with Crippen LogP contribution in [0.5, 0.6) is 0 Å². The molecule has 1 N–H and O–H groups in total. The van der Waals surface area contributed by atoms with E-state index in [4.69, 9.17) is 23.2 Å². The zero-order valence-corrected chi connectivity index (χ0v) is 14.7. The number of amides is 1. The summed E-state index contributed by atoms with van der Waals surface area (Å²) in [4.78, 5) is 28.7. The molecule has 120 valence electrons. The van der Waals surface area contributed by atoms with Crippen LogP contribution in [0.1, 0.15) is 23.5 Å². The Bertz CT molecular complexity index is 867. The quantitative estimate of drug-likeness (QED) is 0.651. The largest absolute Gasteiger partial charge is 0.312 e. The van der Waals surface area contributed by atoms with Gasteiger partial charge < -0.3 is 9.88 Å². The molecule has 3 rings (SSSR count). The fourth-order valence-corrected chi connectivity index (χ4v) is 3.58. The molecular formula is C15H13Cl2N3O2S. The van der Waals surface area contributed by atoms with Crippen LogP contribution in [0, 0.1) is 0 Å². The highest BCUT2D eigenvalue weighted by molar-refractivity contribution is 7.98. The molecule has 1 unspecified atom stereocenters. The van der Waals surface area contributed by atoms with Crippen LogP contribution in [-0.2, 0) is 11.8 Å². The number of nitrogens with one attached hydrogen (secondary N) is 1. The summed E-state index contributed by atoms with van der Waals surface area (Å²) in [5.74, 6) is -0.0564. The van der Waals surface area contributed by atoms with Crippen LogP contribution in [0.3, 0.4) is 0 Å². The Labute approximate surface area is 147 Å². The maximum atomic E-state index is 12.5. The molecule has 1 aromatic heterocycles. The molecule has 1 atom stereocenters. The van der Waals surface area contributed by atoms with Gasteiger partial charge in [0.2, 0.25) is 5.91 Å². The zero-order chi connectivity index (χ0) is 16.7. The molecule has 0 bridgehead atoms. The number of halogens is 2. The second-order valence-corrected chi connectivity index (χ2v) is 6.79. The predicted molar refractivity (Wildman–Crippen MR) is 92.8 cm³/mol. The van der Waals surface area contributed by atoms with Gasteiger partial charge in [-0.1, -0.05) is 41.0 Å². The molecule has 2 aromatic rings. The van der Waals surface area contributed by atoms with Crippen molar-refractivity contribution in [1.29, 1.82) is 0 Å². The number of hydrogen-bond donors (Lipinski definition) is 1. The first kappa shape index (κ1) is 16.4. The third kappa shape index (κ3) is 2.86. The smallest absolute Gasteiger partial charge is 0.279 e. The molecule has 1 aliphatic rings. The highest BCUT2D eigenvalue weighted by Crippen LogP contribution is 2.37. The van der Waals surface area contributed by atoms with E-state index in [1.54, 1.807) is 29.8 Å². The van der Waals surface area contributed by atoms with Crippen molar-refractivity contribution >= 4 is 46.7 Å². The van der Waals surface area contributed by atoms with E-state index in [9.17, 15) is 9.59 Å². The van der Waals surface area contributed by atoms with E-state index in [1.807, 2.05) is 6.26 Å². The van der Waals surface area contributed by atoms with Crippen molar-refractivity contribution in [3.05, 3.63) is 49.7 Å². The number of fused-ring (bicyclic) bond motifs is 1. The lowest BCUT2D eigenvalue weighted by molar-refractivity contribution is -0.116. The van der Waals surface area contributed by atoms with Gasteiger partial charge in [-0.15, -0.1) is 0 Å². The van der Waals surface area contributed by atoms with Gasteiger partial charge in [0.1, 0.15) is 5.82 Å². The molecule has 5 nitrogen and oxygen atoms in total. The minimum Gasteiger partial charge on any atom is -0.312 e. The van der Waals surface area contributed by atoms with Gasteiger partial charge in [0, 0.05) is 19.4 Å². The summed E-state index contributed by atoms with van der Waals surface area (Å²) < 4.78 is 1.73. The molecule has 1 aromatic carbocycles. The van der Waals surface area contributed by atoms with Gasteiger partial charge in [-0.25, -0.2) is 0 Å². The molecule has 0 saturated heterocycles. The normalized spacial score (nSPS) is 16.9. The van der Waals surface area contributed by atoms with E-state index < -0.39 is 5.92 Å². The van der Waals surface area contributed by atoms with Gasteiger partial charge in [-0.05, 0) is 24.0 Å². The van der Waals surface area contributed by atoms with Gasteiger partial charge >= 0.3 is 0 Å². The van der Waals surface area contributed by atoms with E-state index in [1.165, 1.54) is 11.8 Å². The molecule has 0 spiro atoms. The maximum absolute atomic E-state index is 12.5. The molecule has 0 radical (unpaired) electrons. The van der Waals surface area contributed by atoms with Crippen molar-refractivity contribution in [2.45, 2.75) is 17.5 Å². The van der Waals surface area contributed by atoms with E-state index in [2.05, 4.69) is 10.3 Å². The highest BCUT2D eigenvalue weighted by atomic mass is 35.5. The zero-order valence-electron chi connectivity index (χ0n) is 12.4. The van der Waals surface area contributed by atoms with E-state index in [0.29, 0.717) is 26.6 Å². The van der Waals surface area contributed by atoms with E-state index >= 15 is 0 Å². The van der Waals surface area contributed by atoms with Crippen LogP contribution >= 0.6 is 35.0 Å². The number of nitrogens with zero attached hydrogens (tertiary/aromatic N) is 2. The van der Waals surface area contributed by atoms with Crippen LogP contribution in [0.4, 0.5) is 5.82 Å². The summed E-state index contributed by atoms with van der Waals surface area (Å²) in [6.07, 6.45) is 2.00. The second-order valence-electron chi connectivity index (χ2n) is 5.20. The van der Waals surface area contributed by atoms with Crippen molar-refractivity contribution in [2.24, 2.45) is 7.05 Å². The second kappa shape index (κ2) is 6.19. The van der Waals surface area contributed by atoms with Gasteiger partial charge in [0.15, 0.2) is 5.16 Å². The predicted octanol–water partition coefficient (Wildman–Crippen LogP) is 3.28. The van der Waals surface area contributed by atoms with Crippen molar-refractivity contribution in [3.8, 4) is 0 Å². The first-order valence-corrected chi connectivity index (χ1v) is 8.80. The first-order chi connectivity index (χ1) is 10.9. The summed E-state index contributed by atoms with van der Waals surface area (Å²) in [7, 11) is 1.77. The third-order valence-corrected chi connectivity index (χ3v) is 5.30. The fourth-order valence-electron chi connectivity index (χ4n) is 2.73. The SMILES string of the molecule is CSc1nc(=O)c2c(n1C)NC(=O)CC2c1ccc(Cl)c(Cl)c1. The summed E-state index contributed by atoms with van der Waals surface area (Å²) in [5, 5.41) is 4.15. The van der Waals surface area contributed by atoms with Gasteiger partial charge in [-0.3, -0.25) is 9.59 Å². The Morgan fingerprint density at radius 2 is 2.04 bits per heavy atom. The van der Waals surface area contributed by atoms with Crippen molar-refractivity contribution < 1.29 is 4.79 Å². The average molecular weight is 370 g/mol. The summed E-state index contributed by atoms with van der Waals surface area (Å²) in [6.45, 7) is 0. The first-order valence-electron chi connectivity index (χ1n) is 6.82. The number of aromatic nitrogens is 2. The van der Waals surface area contributed by atoms with Crippen LogP contribution in [0.25, 0.3) is 0 Å². The number of benzene rings is 1. The number of rotatable bonds is 2. The average Bonchev–Trinajstić information content (AvgIpc) is 2.52. The molecule has 0 fully saturated rings. The number of hydrogen-bond acceptors (Lipinski definition) is 4. The molecule has 2 heterocycles. The fraction of sp³-hybridized carbons (Fsp3) is 0.267. The summed E-state index contributed by atoms with van der Waals surface area (Å²) in [6, 6.07) is 5.14. The van der Waals surface area contributed by atoms with Crippen LogP contribution in [-0.4, -0.2) is 21.7 Å². The molecule has 23 heavy (non-hydrogen) atoms. The molecule has 0 aliphatic carbocycles. The number of anilines is 1. The number of thioether (sulfide) groups is 1. The number of carbonyl (C=O) groups excluding carboxylic acids is 1. The molecule has 1 amide bonds. The Morgan fingerprint density at radius 1 is 1.30 bits per heavy atom. The summed E-state index contributed by atoms with van der Waals surface area (Å²) in [5.41, 5.74) is 0.910. The maximum Gasteiger partial charge on any atom is 0.279 e. The van der Waals surface area contributed by atoms with Crippen molar-refractivity contribution in [3.63, 3.8) is 0 Å². The van der Waals surface area contributed by atoms with Gasteiger partial charge in [0.05, 0.1) is 15.6 Å². The minimum atomic E-state index is -0.393. The molecule has 1 aliphatic heterocycles. The van der Waals surface area contributed by atoms with E-state index in [-0.39, 0.29) is 17.9 Å². The van der Waals surface area contributed by atoms with Gasteiger partial charge in [0.25, 0.3) is 5.56 Å². The Balaban J connectivity index is 2.23. The third-order valence-electron chi connectivity index (χ3n) is 3.83. The van der Waals surface area contributed by atoms with Crippen LogP contribution in [0.15, 0.2) is 28.2 Å². The minimum absolute atomic E-state index is 0.151. The highest BCUT2D eigenvalue weighted by Gasteiger charge is 2.32. The number of carbonyl (C=O) groups is 1. The van der Waals surface area contributed by atoms with Crippen molar-refractivity contribution in [1.82, 2.24) is 9.55 Å².